The number of thiazole rings is 5. The third kappa shape index (κ3) is 13.0. The van der Waals surface area contributed by atoms with E-state index in [2.05, 4.69) is 330 Å². The molecule has 17 rings (SSSR count). The molecule has 506 valence electrons. The van der Waals surface area contributed by atoms with Crippen LogP contribution in [0.15, 0.2) is 213 Å². The summed E-state index contributed by atoms with van der Waals surface area (Å²) in [5.74, 6) is 0. The Bertz CT molecular complexity index is 6010. The zero-order chi connectivity index (χ0) is 71.3. The summed E-state index contributed by atoms with van der Waals surface area (Å²) in [4.78, 5) is 28.4. The fraction of sp³-hybridized carbons (Fsp3) is 0.213. The monoisotopic (exact) mass is 1420 g/mol. The van der Waals surface area contributed by atoms with E-state index in [0.717, 1.165) is 72.1 Å². The van der Waals surface area contributed by atoms with E-state index in [-0.39, 0.29) is 16.2 Å². The molecule has 0 spiro atoms. The van der Waals surface area contributed by atoms with Crippen LogP contribution in [0, 0.1) is 27.7 Å². The van der Waals surface area contributed by atoms with E-state index in [1.807, 2.05) is 13.0 Å². The van der Waals surface area contributed by atoms with Gasteiger partial charge in [-0.3, -0.25) is 0 Å². The molecule has 0 aliphatic rings. The van der Waals surface area contributed by atoms with Crippen LogP contribution in [-0.2, 0) is 37.4 Å². The number of aromatic nitrogens is 8. The number of pyridine rings is 3. The first-order chi connectivity index (χ1) is 48.8. The highest BCUT2D eigenvalue weighted by Crippen LogP contribution is 2.44. The molecule has 8 nitrogen and oxygen atoms in total. The van der Waals surface area contributed by atoms with Gasteiger partial charge in [0, 0.05) is 75.3 Å². The van der Waals surface area contributed by atoms with E-state index >= 15 is 0 Å². The molecule has 0 fully saturated rings. The zero-order valence-electron chi connectivity index (χ0n) is 60.8. The standard InChI is InChI=1S/C32H29N2S.C31H28N3S2.C26H26N3S2/c1-20-24-12-8-9-13-25(24)27(32(2,3)4)19-26(20)29-17-23(14-15-34(29)5)31-33-28-16-21-10-6-7-11-22(21)18-30(28)35-31;1-19-22-13-9-10-14-23(22)25(31(2,3)4)18-24(19)26-17-21(15-16-34(26)5)28-33-30-29(36-28)32-27(35-30)20-11-7-6-8-12-20;1-15-18-9-7-8-10-19(18)21(26(3,4)5)14-20(15)22-13-17(11-12-29(22)6)23-28-25-24(31-23)27-16(2)30-25/h6-19H,1-5H3;6-18H,1-5H3;7-14H,1-6H3/q3*+1. The summed E-state index contributed by atoms with van der Waals surface area (Å²) in [5, 5.41) is 15.7. The number of fused-ring (bicyclic) bond motifs is 7. The Kier molecular flexibility index (Phi) is 17.8. The molecule has 13 heteroatoms. The van der Waals surface area contributed by atoms with Crippen LogP contribution in [-0.4, -0.2) is 24.9 Å². The van der Waals surface area contributed by atoms with Gasteiger partial charge in [-0.25, -0.2) is 38.6 Å². The molecular weight excluding hydrogens is 1340 g/mol. The van der Waals surface area contributed by atoms with Crippen LogP contribution in [0.1, 0.15) is 101 Å². The van der Waals surface area contributed by atoms with Crippen molar-refractivity contribution in [2.45, 2.75) is 106 Å². The van der Waals surface area contributed by atoms with Crippen molar-refractivity contribution in [3.63, 3.8) is 0 Å². The molecule has 0 aliphatic heterocycles. The predicted molar refractivity (Wildman–Crippen MR) is 437 cm³/mol. The SMILES string of the molecule is Cc1c(-c2cc(-c3nc4cc5ccccc5cc4s3)cc[n+]2C)cc(C(C)(C)C)c2ccccc12.Cc1c(-c2cc(-c3nc4sc(-c5ccccc5)nc4s3)cc[n+]2C)cc(C(C)(C)C)c2ccccc12.Cc1nc2sc(-c3cc[n+](C)c(-c4cc(C(C)(C)C)c5ccccc5c4C)c3)nc2s1. The zero-order valence-corrected chi connectivity index (χ0v) is 64.9. The molecule has 17 aromatic rings. The first-order valence-electron chi connectivity index (χ1n) is 34.8. The van der Waals surface area contributed by atoms with Crippen LogP contribution < -0.4 is 13.7 Å². The molecule has 102 heavy (non-hydrogen) atoms. The van der Waals surface area contributed by atoms with E-state index < -0.39 is 0 Å². The second kappa shape index (κ2) is 26.7. The van der Waals surface area contributed by atoms with Gasteiger partial charge in [0.2, 0.25) is 17.1 Å². The maximum atomic E-state index is 5.04. The lowest BCUT2D eigenvalue weighted by molar-refractivity contribution is -0.660. The topological polar surface area (TPSA) is 76.1 Å². The number of hydrogen-bond acceptors (Lipinski definition) is 10. The summed E-state index contributed by atoms with van der Waals surface area (Å²) in [6.07, 6.45) is 6.46. The van der Waals surface area contributed by atoms with E-state index in [9.17, 15) is 0 Å². The molecule has 0 atom stereocenters. The van der Waals surface area contributed by atoms with Crippen molar-refractivity contribution >= 4 is 129 Å². The number of aryl methyl sites for hydroxylation is 7. The Morgan fingerprint density at radius 3 is 1.00 bits per heavy atom. The van der Waals surface area contributed by atoms with Gasteiger partial charge < -0.3 is 0 Å². The highest BCUT2D eigenvalue weighted by atomic mass is 32.1. The fourth-order valence-electron chi connectivity index (χ4n) is 14.2. The molecule has 0 aliphatic carbocycles. The lowest BCUT2D eigenvalue weighted by atomic mass is 9.80. The molecule has 0 bridgehead atoms. The second-order valence-electron chi connectivity index (χ2n) is 30.0. The van der Waals surface area contributed by atoms with Crippen LogP contribution in [0.25, 0.3) is 149 Å². The first-order valence-corrected chi connectivity index (χ1v) is 38.9. The molecule has 0 saturated carbocycles. The number of benzene rings is 9. The van der Waals surface area contributed by atoms with Gasteiger partial charge in [-0.1, -0.05) is 235 Å². The van der Waals surface area contributed by atoms with E-state index in [1.165, 1.54) is 115 Å². The van der Waals surface area contributed by atoms with E-state index in [0.29, 0.717) is 0 Å². The Hall–Kier alpha value is -9.60. The maximum absolute atomic E-state index is 5.04. The Balaban J connectivity index is 0.000000124. The minimum absolute atomic E-state index is 0.0417. The largest absolute Gasteiger partial charge is 0.236 e. The van der Waals surface area contributed by atoms with Gasteiger partial charge in [-0.05, 0) is 151 Å². The van der Waals surface area contributed by atoms with Gasteiger partial charge in [-0.2, -0.15) is 0 Å². The minimum Gasteiger partial charge on any atom is -0.236 e. The molecule has 0 amide bonds. The van der Waals surface area contributed by atoms with Crippen LogP contribution in [0.2, 0.25) is 0 Å². The fourth-order valence-corrected chi connectivity index (χ4v) is 19.2. The van der Waals surface area contributed by atoms with Crippen molar-refractivity contribution < 1.29 is 13.7 Å². The molecule has 0 unspecified atom stereocenters. The van der Waals surface area contributed by atoms with Crippen molar-refractivity contribution in [1.29, 1.82) is 0 Å². The number of nitrogens with zero attached hydrogens (tertiary/aromatic N) is 8. The Labute approximate surface area is 617 Å². The highest BCUT2D eigenvalue weighted by Gasteiger charge is 2.29. The minimum atomic E-state index is 0.0417. The third-order valence-corrected chi connectivity index (χ3v) is 24.9. The average Bonchev–Trinajstić information content (AvgIpc) is 1.06. The summed E-state index contributed by atoms with van der Waals surface area (Å²) >= 11 is 8.44. The molecule has 0 radical (unpaired) electrons. The maximum Gasteiger partial charge on any atom is 0.213 e. The summed E-state index contributed by atoms with van der Waals surface area (Å²) < 4.78 is 7.89. The van der Waals surface area contributed by atoms with Gasteiger partial charge >= 0.3 is 0 Å². The summed E-state index contributed by atoms with van der Waals surface area (Å²) in [7, 11) is 6.38. The first kappa shape index (κ1) is 68.2. The number of rotatable bonds is 7. The summed E-state index contributed by atoms with van der Waals surface area (Å²) in [6, 6.07) is 70.2. The van der Waals surface area contributed by atoms with Crippen molar-refractivity contribution in [2.24, 2.45) is 21.1 Å². The van der Waals surface area contributed by atoms with Crippen LogP contribution in [0.3, 0.4) is 0 Å². The molecular formula is C89H83N8S5+3. The molecule has 0 N–H and O–H groups in total. The normalized spacial score (nSPS) is 12.1. The summed E-state index contributed by atoms with van der Waals surface area (Å²) in [6.45, 7) is 29.4. The number of hydrogen-bond donors (Lipinski definition) is 0. The highest BCUT2D eigenvalue weighted by molar-refractivity contribution is 7.29. The lowest BCUT2D eigenvalue weighted by Gasteiger charge is -2.24. The van der Waals surface area contributed by atoms with Gasteiger partial charge in [0.1, 0.15) is 41.2 Å². The van der Waals surface area contributed by atoms with Crippen LogP contribution in [0.4, 0.5) is 0 Å². The lowest BCUT2D eigenvalue weighted by Crippen LogP contribution is -2.30. The van der Waals surface area contributed by atoms with Crippen molar-refractivity contribution in [2.75, 3.05) is 0 Å². The van der Waals surface area contributed by atoms with E-state index in [1.54, 1.807) is 56.7 Å². The predicted octanol–water partition coefficient (Wildman–Crippen LogP) is 23.7. The second-order valence-corrected chi connectivity index (χ2v) is 35.1. The van der Waals surface area contributed by atoms with Crippen LogP contribution >= 0.6 is 56.7 Å². The van der Waals surface area contributed by atoms with Crippen molar-refractivity contribution in [3.05, 3.63) is 251 Å². The summed E-state index contributed by atoms with van der Waals surface area (Å²) in [5.41, 5.74) is 21.3. The third-order valence-electron chi connectivity index (χ3n) is 19.7. The van der Waals surface area contributed by atoms with Gasteiger partial charge in [0.25, 0.3) is 0 Å². The molecule has 8 heterocycles. The average molecular weight is 1430 g/mol. The Morgan fingerprint density at radius 2 is 0.618 bits per heavy atom. The Morgan fingerprint density at radius 1 is 0.294 bits per heavy atom. The quantitative estimate of drug-likeness (QED) is 0.149. The molecule has 8 aromatic heterocycles. The van der Waals surface area contributed by atoms with Crippen molar-refractivity contribution in [3.8, 4) is 76.1 Å². The van der Waals surface area contributed by atoms with Gasteiger partial charge in [0.05, 0.1) is 15.2 Å². The molecule has 9 aromatic carbocycles. The molecule has 0 saturated heterocycles. The van der Waals surface area contributed by atoms with Crippen LogP contribution in [0.5, 0.6) is 0 Å². The smallest absolute Gasteiger partial charge is 0.213 e. The van der Waals surface area contributed by atoms with Gasteiger partial charge in [-0.15, -0.1) is 11.3 Å². The van der Waals surface area contributed by atoms with Gasteiger partial charge in [0.15, 0.2) is 37.9 Å². The van der Waals surface area contributed by atoms with Crippen molar-refractivity contribution in [1.82, 2.24) is 24.9 Å². The van der Waals surface area contributed by atoms with E-state index in [4.69, 9.17) is 19.9 Å².